The zero-order valence-electron chi connectivity index (χ0n) is 18.4. The molecule has 3 heterocycles. The smallest absolute Gasteiger partial charge is 0.266 e. The molecule has 2 amide bonds. The number of nitrogens with one attached hydrogen (secondary N) is 1. The minimum Gasteiger partial charge on any atom is -0.492 e. The van der Waals surface area contributed by atoms with E-state index in [9.17, 15) is 14.0 Å². The molecule has 4 aromatic rings. The lowest BCUT2D eigenvalue weighted by Crippen LogP contribution is -2.53. The van der Waals surface area contributed by atoms with Crippen molar-refractivity contribution in [1.82, 2.24) is 14.8 Å². The number of nitrogens with zero attached hydrogens (tertiary/aromatic N) is 2. The van der Waals surface area contributed by atoms with Crippen molar-refractivity contribution in [3.8, 4) is 5.75 Å². The summed E-state index contributed by atoms with van der Waals surface area (Å²) >= 11 is 5.21. The van der Waals surface area contributed by atoms with Crippen molar-refractivity contribution in [2.75, 3.05) is 6.61 Å². The van der Waals surface area contributed by atoms with Crippen LogP contribution in [0.25, 0.3) is 17.0 Å². The van der Waals surface area contributed by atoms with E-state index < -0.39 is 11.8 Å². The van der Waals surface area contributed by atoms with Gasteiger partial charge < -0.3 is 13.7 Å². The molecule has 35 heavy (non-hydrogen) atoms. The lowest BCUT2D eigenvalue weighted by Gasteiger charge is -2.28. The van der Waals surface area contributed by atoms with E-state index in [2.05, 4.69) is 5.32 Å². The number of amides is 2. The van der Waals surface area contributed by atoms with Gasteiger partial charge in [-0.15, -0.1) is 0 Å². The fourth-order valence-corrected chi connectivity index (χ4v) is 4.16. The largest absolute Gasteiger partial charge is 0.492 e. The van der Waals surface area contributed by atoms with Gasteiger partial charge in [0.15, 0.2) is 5.11 Å². The summed E-state index contributed by atoms with van der Waals surface area (Å²) in [6, 6.07) is 17.0. The standard InChI is InChI=1S/C26H20FN3O4S/c27-18-7-9-19(10-8-18)34-13-11-29-15-17(21-5-1-2-6-23(21)29)14-22-24(31)28-26(35)30(25(22)32)16-20-4-3-12-33-20/h1-10,12,14-15H,11,13,16H2,(H,28,31,35)/b22-14-. The van der Waals surface area contributed by atoms with Gasteiger partial charge in [0, 0.05) is 22.7 Å². The highest BCUT2D eigenvalue weighted by Crippen LogP contribution is 2.25. The lowest BCUT2D eigenvalue weighted by molar-refractivity contribution is -0.129. The molecule has 176 valence electrons. The highest BCUT2D eigenvalue weighted by atomic mass is 32.1. The molecule has 1 N–H and O–H groups in total. The second kappa shape index (κ2) is 9.55. The first-order chi connectivity index (χ1) is 17.0. The average molecular weight is 490 g/mol. The van der Waals surface area contributed by atoms with Crippen LogP contribution in [0, 0.1) is 5.82 Å². The molecule has 2 aromatic heterocycles. The van der Waals surface area contributed by atoms with Crippen molar-refractivity contribution in [2.45, 2.75) is 13.1 Å². The molecule has 0 radical (unpaired) electrons. The zero-order chi connectivity index (χ0) is 24.4. The molecule has 0 atom stereocenters. The highest BCUT2D eigenvalue weighted by Gasteiger charge is 2.34. The Hall–Kier alpha value is -4.24. The van der Waals surface area contributed by atoms with Gasteiger partial charge in [0.05, 0.1) is 19.4 Å². The number of ether oxygens (including phenoxy) is 1. The van der Waals surface area contributed by atoms with Crippen molar-refractivity contribution in [3.05, 3.63) is 95.8 Å². The van der Waals surface area contributed by atoms with Crippen LogP contribution >= 0.6 is 12.2 Å². The topological polar surface area (TPSA) is 76.7 Å². The fraction of sp³-hybridized carbons (Fsp3) is 0.115. The number of rotatable bonds is 7. The van der Waals surface area contributed by atoms with E-state index in [1.54, 1.807) is 30.3 Å². The summed E-state index contributed by atoms with van der Waals surface area (Å²) in [6.07, 6.45) is 4.96. The van der Waals surface area contributed by atoms with Crippen LogP contribution in [0.3, 0.4) is 0 Å². The van der Waals surface area contributed by atoms with Gasteiger partial charge in [-0.3, -0.25) is 19.8 Å². The van der Waals surface area contributed by atoms with E-state index in [1.807, 2.05) is 35.0 Å². The third-order valence-corrected chi connectivity index (χ3v) is 5.94. The van der Waals surface area contributed by atoms with Crippen LogP contribution in [-0.2, 0) is 22.7 Å². The van der Waals surface area contributed by atoms with Gasteiger partial charge in [-0.1, -0.05) is 18.2 Å². The summed E-state index contributed by atoms with van der Waals surface area (Å²) in [5.41, 5.74) is 1.62. The maximum absolute atomic E-state index is 13.2. The van der Waals surface area contributed by atoms with Crippen molar-refractivity contribution >= 4 is 46.1 Å². The number of halogens is 1. The van der Waals surface area contributed by atoms with Crippen molar-refractivity contribution in [2.24, 2.45) is 0 Å². The van der Waals surface area contributed by atoms with Crippen LogP contribution in [-0.4, -0.2) is 33.0 Å². The molecule has 2 aromatic carbocycles. The number of aromatic nitrogens is 1. The predicted octanol–water partition coefficient (Wildman–Crippen LogP) is 4.28. The quantitative estimate of drug-likeness (QED) is 0.238. The normalized spacial score (nSPS) is 15.2. The van der Waals surface area contributed by atoms with Gasteiger partial charge in [0.1, 0.15) is 29.5 Å². The number of furan rings is 1. The fourth-order valence-electron chi connectivity index (χ4n) is 3.92. The van der Waals surface area contributed by atoms with Gasteiger partial charge in [0.25, 0.3) is 11.8 Å². The van der Waals surface area contributed by atoms with Crippen LogP contribution in [0.4, 0.5) is 4.39 Å². The SMILES string of the molecule is O=C1NC(=S)N(Cc2ccco2)C(=O)/C1=C\c1cn(CCOc2ccc(F)cc2)c2ccccc12. The van der Waals surface area contributed by atoms with Crippen molar-refractivity contribution < 1.29 is 23.1 Å². The summed E-state index contributed by atoms with van der Waals surface area (Å²) in [5.74, 6) is -0.244. The van der Waals surface area contributed by atoms with E-state index in [0.29, 0.717) is 30.2 Å². The highest BCUT2D eigenvalue weighted by molar-refractivity contribution is 7.80. The molecule has 0 bridgehead atoms. The van der Waals surface area contributed by atoms with Crippen LogP contribution < -0.4 is 10.1 Å². The Morgan fingerprint density at radius 1 is 1.06 bits per heavy atom. The molecule has 0 unspecified atom stereocenters. The van der Waals surface area contributed by atoms with Crippen LogP contribution in [0.15, 0.2) is 83.1 Å². The first-order valence-electron chi connectivity index (χ1n) is 10.9. The van der Waals surface area contributed by atoms with E-state index >= 15 is 0 Å². The Balaban J connectivity index is 1.41. The second-order valence-corrected chi connectivity index (χ2v) is 8.27. The molecule has 1 saturated heterocycles. The molecule has 5 rings (SSSR count). The minimum absolute atomic E-state index is 0.0179. The first-order valence-corrected chi connectivity index (χ1v) is 11.3. The molecule has 7 nitrogen and oxygen atoms in total. The summed E-state index contributed by atoms with van der Waals surface area (Å²) in [7, 11) is 0. The summed E-state index contributed by atoms with van der Waals surface area (Å²) in [5, 5.41) is 3.51. The Kier molecular flexibility index (Phi) is 6.15. The van der Waals surface area contributed by atoms with Gasteiger partial charge in [-0.05, 0) is 60.8 Å². The molecule has 0 saturated carbocycles. The number of para-hydroxylation sites is 1. The number of benzene rings is 2. The summed E-state index contributed by atoms with van der Waals surface area (Å²) < 4.78 is 26.2. The van der Waals surface area contributed by atoms with Gasteiger partial charge >= 0.3 is 0 Å². The number of hydrogen-bond acceptors (Lipinski definition) is 5. The number of fused-ring (bicyclic) bond motifs is 1. The lowest BCUT2D eigenvalue weighted by atomic mass is 10.1. The zero-order valence-corrected chi connectivity index (χ0v) is 19.3. The third-order valence-electron chi connectivity index (χ3n) is 5.61. The van der Waals surface area contributed by atoms with Gasteiger partial charge in [-0.2, -0.15) is 0 Å². The Morgan fingerprint density at radius 3 is 2.63 bits per heavy atom. The Morgan fingerprint density at radius 2 is 1.86 bits per heavy atom. The summed E-state index contributed by atoms with van der Waals surface area (Å²) in [4.78, 5) is 27.2. The van der Waals surface area contributed by atoms with Gasteiger partial charge in [0.2, 0.25) is 0 Å². The van der Waals surface area contributed by atoms with Crippen molar-refractivity contribution in [3.63, 3.8) is 0 Å². The van der Waals surface area contributed by atoms with Crippen molar-refractivity contribution in [1.29, 1.82) is 0 Å². The van der Waals surface area contributed by atoms with E-state index in [1.165, 1.54) is 23.3 Å². The molecule has 0 aliphatic carbocycles. The molecule has 9 heteroatoms. The van der Waals surface area contributed by atoms with E-state index in [-0.39, 0.29) is 23.0 Å². The number of carbonyl (C=O) groups excluding carboxylic acids is 2. The monoisotopic (exact) mass is 489 g/mol. The maximum atomic E-state index is 13.2. The third kappa shape index (κ3) is 4.71. The molecular formula is C26H20FN3O4S. The molecule has 0 spiro atoms. The van der Waals surface area contributed by atoms with E-state index in [0.717, 1.165) is 10.9 Å². The predicted molar refractivity (Wildman–Crippen MR) is 132 cm³/mol. The molecule has 1 aliphatic heterocycles. The number of thiocarbonyl (C=S) groups is 1. The van der Waals surface area contributed by atoms with E-state index in [4.69, 9.17) is 21.4 Å². The first kappa shape index (κ1) is 22.5. The second-order valence-electron chi connectivity index (χ2n) is 7.89. The van der Waals surface area contributed by atoms with Crippen LogP contribution in [0.1, 0.15) is 11.3 Å². The Labute approximate surface area is 205 Å². The van der Waals surface area contributed by atoms with Gasteiger partial charge in [-0.25, -0.2) is 4.39 Å². The molecular weight excluding hydrogens is 469 g/mol. The van der Waals surface area contributed by atoms with Crippen LogP contribution in [0.2, 0.25) is 0 Å². The number of carbonyl (C=O) groups is 2. The molecule has 1 aliphatic rings. The number of hydrogen-bond donors (Lipinski definition) is 1. The Bertz CT molecular complexity index is 1440. The molecule has 1 fully saturated rings. The maximum Gasteiger partial charge on any atom is 0.266 e. The van der Waals surface area contributed by atoms with Crippen LogP contribution in [0.5, 0.6) is 5.75 Å². The average Bonchev–Trinajstić information content (AvgIpc) is 3.49. The minimum atomic E-state index is -0.549. The summed E-state index contributed by atoms with van der Waals surface area (Å²) in [6.45, 7) is 0.978.